The Hall–Kier alpha value is -2.22. The molecule has 2 rings (SSSR count). The summed E-state index contributed by atoms with van der Waals surface area (Å²) in [6.45, 7) is 5.44. The summed E-state index contributed by atoms with van der Waals surface area (Å²) in [4.78, 5) is 23.5. The number of carbonyl (C=O) groups is 2. The van der Waals surface area contributed by atoms with Gasteiger partial charge in [0.1, 0.15) is 17.3 Å². The monoisotopic (exact) mass is 337 g/mol. The fraction of sp³-hybridized carbons (Fsp3) is 0.400. The van der Waals surface area contributed by atoms with Crippen LogP contribution in [0.2, 0.25) is 0 Å². The van der Waals surface area contributed by atoms with Crippen molar-refractivity contribution >= 4 is 29.4 Å². The molecule has 2 amide bonds. The number of hydrogen-bond donors (Lipinski definition) is 2. The van der Waals surface area contributed by atoms with Crippen molar-refractivity contribution in [1.29, 1.82) is 0 Å². The lowest BCUT2D eigenvalue weighted by Crippen LogP contribution is -2.28. The minimum absolute atomic E-state index is 0.151. The summed E-state index contributed by atoms with van der Waals surface area (Å²) in [6.07, 6.45) is 0. The highest BCUT2D eigenvalue weighted by molar-refractivity contribution is 8.00. The number of rotatable bonds is 7. The number of amides is 2. The number of thioether (sulfide) groups is 1. The molecule has 2 aromatic rings. The van der Waals surface area contributed by atoms with Crippen LogP contribution in [0.1, 0.15) is 30.2 Å². The molecule has 1 atom stereocenters. The largest absolute Gasteiger partial charge is 0.464 e. The van der Waals surface area contributed by atoms with Crippen molar-refractivity contribution < 1.29 is 18.5 Å². The Morgan fingerprint density at radius 2 is 1.96 bits per heavy atom. The lowest BCUT2D eigenvalue weighted by Gasteiger charge is -2.11. The van der Waals surface area contributed by atoms with Crippen molar-refractivity contribution in [3.05, 3.63) is 35.5 Å². The van der Waals surface area contributed by atoms with Gasteiger partial charge in [-0.3, -0.25) is 9.59 Å². The molecule has 0 fully saturated rings. The normalized spacial score (nSPS) is 12.0. The van der Waals surface area contributed by atoms with E-state index in [0.29, 0.717) is 17.3 Å². The lowest BCUT2D eigenvalue weighted by molar-refractivity contribution is -0.119. The molecule has 0 radical (unpaired) electrons. The van der Waals surface area contributed by atoms with Gasteiger partial charge in [-0.25, -0.2) is 0 Å². The molecule has 124 valence electrons. The summed E-state index contributed by atoms with van der Waals surface area (Å²) in [6, 6.07) is 5.11. The Kier molecular flexibility index (Phi) is 5.86. The molecule has 0 aliphatic rings. The van der Waals surface area contributed by atoms with Crippen molar-refractivity contribution in [2.75, 3.05) is 16.8 Å². The molecule has 0 aliphatic heterocycles. The smallest absolute Gasteiger partial charge is 0.235 e. The third kappa shape index (κ3) is 5.48. The molecule has 0 spiro atoms. The summed E-state index contributed by atoms with van der Waals surface area (Å²) in [7, 11) is 0. The standard InChI is InChI=1S/C15H19N3O4S/c1-9-4-5-12(21-9)11(3)16-14(19)7-23-8-15(20)17-13-6-10(2)22-18-13/h4-6,11H,7-8H2,1-3H3,(H,16,19)(H,17,18,20). The first kappa shape index (κ1) is 17.1. The Bertz CT molecular complexity index is 680. The van der Waals surface area contributed by atoms with E-state index in [1.807, 2.05) is 26.0 Å². The third-order valence-corrected chi connectivity index (χ3v) is 3.86. The van der Waals surface area contributed by atoms with Gasteiger partial charge in [0.2, 0.25) is 11.8 Å². The minimum Gasteiger partial charge on any atom is -0.464 e. The van der Waals surface area contributed by atoms with E-state index in [4.69, 9.17) is 8.94 Å². The molecule has 0 bridgehead atoms. The fourth-order valence-electron chi connectivity index (χ4n) is 1.88. The summed E-state index contributed by atoms with van der Waals surface area (Å²) >= 11 is 1.22. The fourth-order valence-corrected chi connectivity index (χ4v) is 2.51. The zero-order valence-electron chi connectivity index (χ0n) is 13.2. The maximum atomic E-state index is 11.8. The van der Waals surface area contributed by atoms with Gasteiger partial charge < -0.3 is 19.6 Å². The van der Waals surface area contributed by atoms with Crippen LogP contribution in [0.3, 0.4) is 0 Å². The quantitative estimate of drug-likeness (QED) is 0.805. The van der Waals surface area contributed by atoms with Gasteiger partial charge in [-0.1, -0.05) is 5.16 Å². The summed E-state index contributed by atoms with van der Waals surface area (Å²) in [5, 5.41) is 9.09. The van der Waals surface area contributed by atoms with Crippen LogP contribution in [0.4, 0.5) is 5.82 Å². The van der Waals surface area contributed by atoms with Crippen LogP contribution >= 0.6 is 11.8 Å². The van der Waals surface area contributed by atoms with Gasteiger partial charge in [-0.05, 0) is 32.9 Å². The summed E-state index contributed by atoms with van der Waals surface area (Å²) < 4.78 is 10.3. The SMILES string of the molecule is Cc1cc(NC(=O)CSCC(=O)NC(C)c2ccc(C)o2)no1. The second-order valence-corrected chi connectivity index (χ2v) is 6.09. The number of aryl methyl sites for hydroxylation is 2. The highest BCUT2D eigenvalue weighted by Gasteiger charge is 2.13. The van der Waals surface area contributed by atoms with E-state index >= 15 is 0 Å². The highest BCUT2D eigenvalue weighted by Crippen LogP contribution is 2.15. The molecule has 7 nitrogen and oxygen atoms in total. The van der Waals surface area contributed by atoms with Gasteiger partial charge in [0.15, 0.2) is 5.82 Å². The van der Waals surface area contributed by atoms with Crippen LogP contribution in [0.25, 0.3) is 0 Å². The second-order valence-electron chi connectivity index (χ2n) is 5.10. The highest BCUT2D eigenvalue weighted by atomic mass is 32.2. The van der Waals surface area contributed by atoms with E-state index < -0.39 is 0 Å². The van der Waals surface area contributed by atoms with Crippen molar-refractivity contribution in [2.45, 2.75) is 26.8 Å². The third-order valence-electron chi connectivity index (χ3n) is 2.93. The average molecular weight is 337 g/mol. The number of aromatic nitrogens is 1. The number of furan rings is 1. The van der Waals surface area contributed by atoms with Gasteiger partial charge in [0, 0.05) is 6.07 Å². The van der Waals surface area contributed by atoms with Crippen molar-refractivity contribution in [1.82, 2.24) is 10.5 Å². The zero-order chi connectivity index (χ0) is 16.8. The van der Waals surface area contributed by atoms with Crippen LogP contribution in [0.15, 0.2) is 27.1 Å². The summed E-state index contributed by atoms with van der Waals surface area (Å²) in [5.41, 5.74) is 0. The Morgan fingerprint density at radius 1 is 1.22 bits per heavy atom. The number of nitrogens with one attached hydrogen (secondary N) is 2. The first-order valence-corrected chi connectivity index (χ1v) is 8.26. The predicted octanol–water partition coefficient (Wildman–Crippen LogP) is 2.43. The molecule has 8 heteroatoms. The van der Waals surface area contributed by atoms with Crippen molar-refractivity contribution in [3.8, 4) is 0 Å². The molecule has 2 heterocycles. The molecular weight excluding hydrogens is 318 g/mol. The molecule has 2 N–H and O–H groups in total. The van der Waals surface area contributed by atoms with E-state index in [1.165, 1.54) is 11.8 Å². The topological polar surface area (TPSA) is 97.4 Å². The zero-order valence-corrected chi connectivity index (χ0v) is 14.0. The van der Waals surface area contributed by atoms with Crippen molar-refractivity contribution in [3.63, 3.8) is 0 Å². The van der Waals surface area contributed by atoms with Gasteiger partial charge >= 0.3 is 0 Å². The lowest BCUT2D eigenvalue weighted by atomic mass is 10.2. The van der Waals surface area contributed by atoms with Crippen molar-refractivity contribution in [2.24, 2.45) is 0 Å². The van der Waals surface area contributed by atoms with Gasteiger partial charge in [-0.2, -0.15) is 0 Å². The number of nitrogens with zero attached hydrogens (tertiary/aromatic N) is 1. The Morgan fingerprint density at radius 3 is 2.57 bits per heavy atom. The molecule has 2 aromatic heterocycles. The Balaban J connectivity index is 1.67. The minimum atomic E-state index is -0.231. The molecule has 23 heavy (non-hydrogen) atoms. The van der Waals surface area contributed by atoms with E-state index in [-0.39, 0.29) is 29.4 Å². The molecule has 0 aliphatic carbocycles. The van der Waals surface area contributed by atoms with Crippen LogP contribution in [0, 0.1) is 13.8 Å². The molecular formula is C15H19N3O4S. The first-order chi connectivity index (χ1) is 10.9. The predicted molar refractivity (Wildman–Crippen MR) is 87.2 cm³/mol. The average Bonchev–Trinajstić information content (AvgIpc) is 3.07. The molecule has 1 unspecified atom stereocenters. The van der Waals surface area contributed by atoms with Gasteiger partial charge in [0.05, 0.1) is 17.5 Å². The van der Waals surface area contributed by atoms with Gasteiger partial charge in [0.25, 0.3) is 0 Å². The molecule has 0 saturated carbocycles. The van der Waals surface area contributed by atoms with E-state index in [9.17, 15) is 9.59 Å². The van der Waals surface area contributed by atoms with Crippen LogP contribution in [-0.4, -0.2) is 28.5 Å². The molecule has 0 aromatic carbocycles. The molecule has 0 saturated heterocycles. The first-order valence-electron chi connectivity index (χ1n) is 7.10. The maximum absolute atomic E-state index is 11.8. The van der Waals surface area contributed by atoms with E-state index in [0.717, 1.165) is 5.76 Å². The second kappa shape index (κ2) is 7.87. The number of carbonyl (C=O) groups excluding carboxylic acids is 2. The Labute approximate surface area is 138 Å². The van der Waals surface area contributed by atoms with Crippen LogP contribution in [0.5, 0.6) is 0 Å². The number of hydrogen-bond acceptors (Lipinski definition) is 6. The van der Waals surface area contributed by atoms with E-state index in [2.05, 4.69) is 15.8 Å². The maximum Gasteiger partial charge on any atom is 0.235 e. The van der Waals surface area contributed by atoms with E-state index in [1.54, 1.807) is 13.0 Å². The van der Waals surface area contributed by atoms with Gasteiger partial charge in [-0.15, -0.1) is 11.8 Å². The van der Waals surface area contributed by atoms with Crippen LogP contribution in [-0.2, 0) is 9.59 Å². The number of anilines is 1. The van der Waals surface area contributed by atoms with Crippen LogP contribution < -0.4 is 10.6 Å². The summed E-state index contributed by atoms with van der Waals surface area (Å²) in [5.74, 6) is 2.47.